The highest BCUT2D eigenvalue weighted by Gasteiger charge is 2.20. The Bertz CT molecular complexity index is 791. The summed E-state index contributed by atoms with van der Waals surface area (Å²) in [7, 11) is 5.38. The number of carbonyl (C=O) groups is 2. The van der Waals surface area contributed by atoms with Crippen molar-refractivity contribution in [3.05, 3.63) is 47.5 Å². The Morgan fingerprint density at radius 1 is 1.12 bits per heavy atom. The van der Waals surface area contributed by atoms with Gasteiger partial charge in [-0.05, 0) is 42.5 Å². The van der Waals surface area contributed by atoms with E-state index in [1.54, 1.807) is 18.2 Å². The summed E-state index contributed by atoms with van der Waals surface area (Å²) >= 11 is 6.03. The first-order valence-corrected chi connectivity index (χ1v) is 8.38. The van der Waals surface area contributed by atoms with Crippen molar-refractivity contribution in [2.24, 2.45) is 0 Å². The summed E-state index contributed by atoms with van der Waals surface area (Å²) < 4.78 is 5.28. The number of hydrogen-bond donors (Lipinski definition) is 1. The van der Waals surface area contributed by atoms with Gasteiger partial charge >= 0.3 is 0 Å². The molecule has 0 saturated carbocycles. The zero-order valence-corrected chi connectivity index (χ0v) is 16.0. The van der Waals surface area contributed by atoms with Crippen molar-refractivity contribution in [2.75, 3.05) is 42.9 Å². The molecule has 0 saturated heterocycles. The molecule has 1 N–H and O–H groups in total. The summed E-state index contributed by atoms with van der Waals surface area (Å²) in [5.41, 5.74) is 2.13. The molecule has 2 aromatic rings. The molecule has 0 spiro atoms. The Hall–Kier alpha value is -2.73. The van der Waals surface area contributed by atoms with Crippen molar-refractivity contribution in [2.45, 2.75) is 6.92 Å². The topological polar surface area (TPSA) is 61.9 Å². The van der Waals surface area contributed by atoms with E-state index in [-0.39, 0.29) is 18.4 Å². The van der Waals surface area contributed by atoms with Gasteiger partial charge in [-0.1, -0.05) is 11.6 Å². The van der Waals surface area contributed by atoms with Crippen LogP contribution in [0.15, 0.2) is 42.5 Å². The summed E-state index contributed by atoms with van der Waals surface area (Å²) in [4.78, 5) is 27.8. The van der Waals surface area contributed by atoms with Gasteiger partial charge < -0.3 is 15.0 Å². The van der Waals surface area contributed by atoms with Crippen LogP contribution in [0.5, 0.6) is 5.75 Å². The molecule has 0 aliphatic rings. The van der Waals surface area contributed by atoms with Crippen molar-refractivity contribution in [1.29, 1.82) is 0 Å². The number of nitrogens with zero attached hydrogens (tertiary/aromatic N) is 2. The van der Waals surface area contributed by atoms with Crippen molar-refractivity contribution in [1.82, 2.24) is 0 Å². The number of ether oxygens (including phenoxy) is 1. The number of halogens is 1. The van der Waals surface area contributed by atoms with Gasteiger partial charge in [0.25, 0.3) is 0 Å². The smallest absolute Gasteiger partial charge is 0.244 e. The number of carbonyl (C=O) groups excluding carboxylic acids is 2. The van der Waals surface area contributed by atoms with Gasteiger partial charge in [-0.25, -0.2) is 0 Å². The number of amides is 2. The molecule has 26 heavy (non-hydrogen) atoms. The van der Waals surface area contributed by atoms with Gasteiger partial charge in [0.2, 0.25) is 11.8 Å². The molecule has 0 aliphatic carbocycles. The quantitative estimate of drug-likeness (QED) is 0.840. The van der Waals surface area contributed by atoms with Crippen LogP contribution < -0.4 is 19.9 Å². The highest BCUT2D eigenvalue weighted by atomic mass is 35.5. The molecule has 138 valence electrons. The van der Waals surface area contributed by atoms with Crippen LogP contribution in [0.4, 0.5) is 17.1 Å². The SMILES string of the molecule is COc1ccc(Cl)cc1N(CC(=O)Nc1ccc(N(C)C)cc1)C(C)=O. The van der Waals surface area contributed by atoms with Crippen molar-refractivity contribution in [3.63, 3.8) is 0 Å². The second kappa shape index (κ2) is 8.58. The number of benzene rings is 2. The van der Waals surface area contributed by atoms with E-state index in [9.17, 15) is 9.59 Å². The molecule has 0 aromatic heterocycles. The van der Waals surface area contributed by atoms with E-state index in [2.05, 4.69) is 5.32 Å². The Kier molecular flexibility index (Phi) is 6.46. The van der Waals surface area contributed by atoms with E-state index in [0.717, 1.165) is 5.69 Å². The van der Waals surface area contributed by atoms with Gasteiger partial charge in [-0.15, -0.1) is 0 Å². The molecule has 0 aliphatic heterocycles. The Morgan fingerprint density at radius 2 is 1.77 bits per heavy atom. The third kappa shape index (κ3) is 4.89. The van der Waals surface area contributed by atoms with Crippen LogP contribution in [0.25, 0.3) is 0 Å². The summed E-state index contributed by atoms with van der Waals surface area (Å²) in [5, 5.41) is 3.24. The molecule has 0 unspecified atom stereocenters. The van der Waals surface area contributed by atoms with E-state index in [0.29, 0.717) is 22.1 Å². The van der Waals surface area contributed by atoms with Gasteiger partial charge in [-0.2, -0.15) is 0 Å². The molecule has 7 heteroatoms. The third-order valence-electron chi connectivity index (χ3n) is 3.78. The lowest BCUT2D eigenvalue weighted by Gasteiger charge is -2.23. The maximum Gasteiger partial charge on any atom is 0.244 e. The predicted octanol–water partition coefficient (Wildman–Crippen LogP) is 3.41. The van der Waals surface area contributed by atoms with Crippen LogP contribution in [0.2, 0.25) is 5.02 Å². The van der Waals surface area contributed by atoms with E-state index in [4.69, 9.17) is 16.3 Å². The average molecular weight is 376 g/mol. The minimum absolute atomic E-state index is 0.151. The standard InChI is InChI=1S/C19H22ClN3O3/c1-13(24)23(17-11-14(20)5-10-18(17)26-4)12-19(25)21-15-6-8-16(9-7-15)22(2)3/h5-11H,12H2,1-4H3,(H,21,25). The summed E-state index contributed by atoms with van der Waals surface area (Å²) in [6.07, 6.45) is 0. The largest absolute Gasteiger partial charge is 0.495 e. The minimum Gasteiger partial charge on any atom is -0.495 e. The van der Waals surface area contributed by atoms with Crippen LogP contribution in [-0.4, -0.2) is 39.6 Å². The second-order valence-electron chi connectivity index (χ2n) is 5.91. The molecule has 0 bridgehead atoms. The number of rotatable bonds is 6. The van der Waals surface area contributed by atoms with E-state index < -0.39 is 0 Å². The number of methoxy groups -OCH3 is 1. The average Bonchev–Trinajstić information content (AvgIpc) is 2.60. The summed E-state index contributed by atoms with van der Waals surface area (Å²) in [6.45, 7) is 1.24. The number of nitrogens with one attached hydrogen (secondary N) is 1. The van der Waals surface area contributed by atoms with E-state index in [1.807, 2.05) is 43.3 Å². The normalized spacial score (nSPS) is 10.2. The molecular weight excluding hydrogens is 354 g/mol. The molecule has 2 rings (SSSR count). The zero-order valence-electron chi connectivity index (χ0n) is 15.2. The van der Waals surface area contributed by atoms with Crippen LogP contribution in [-0.2, 0) is 9.59 Å². The Labute approximate surface area is 158 Å². The van der Waals surface area contributed by atoms with Crippen molar-refractivity contribution >= 4 is 40.5 Å². The fourth-order valence-electron chi connectivity index (χ4n) is 2.43. The number of hydrogen-bond acceptors (Lipinski definition) is 4. The molecule has 0 radical (unpaired) electrons. The third-order valence-corrected chi connectivity index (χ3v) is 4.02. The maximum absolute atomic E-state index is 12.4. The molecular formula is C19H22ClN3O3. The van der Waals surface area contributed by atoms with Crippen LogP contribution >= 0.6 is 11.6 Å². The predicted molar refractivity (Wildman–Crippen MR) is 105 cm³/mol. The summed E-state index contributed by atoms with van der Waals surface area (Å²) in [6, 6.07) is 12.3. The molecule has 0 heterocycles. The van der Waals surface area contributed by atoms with Gasteiger partial charge in [0.1, 0.15) is 12.3 Å². The lowest BCUT2D eigenvalue weighted by molar-refractivity contribution is -0.120. The first-order valence-electron chi connectivity index (χ1n) is 8.00. The number of anilines is 3. The van der Waals surface area contributed by atoms with E-state index in [1.165, 1.54) is 18.9 Å². The highest BCUT2D eigenvalue weighted by molar-refractivity contribution is 6.31. The van der Waals surface area contributed by atoms with E-state index >= 15 is 0 Å². The minimum atomic E-state index is -0.320. The fraction of sp³-hybridized carbons (Fsp3) is 0.263. The molecule has 2 amide bonds. The second-order valence-corrected chi connectivity index (χ2v) is 6.35. The first kappa shape index (κ1) is 19.6. The van der Waals surface area contributed by atoms with Gasteiger partial charge in [-0.3, -0.25) is 14.5 Å². The lowest BCUT2D eigenvalue weighted by Crippen LogP contribution is -2.36. The molecule has 6 nitrogen and oxygen atoms in total. The van der Waals surface area contributed by atoms with Crippen molar-refractivity contribution < 1.29 is 14.3 Å². The van der Waals surface area contributed by atoms with Crippen LogP contribution in [0, 0.1) is 0 Å². The lowest BCUT2D eigenvalue weighted by atomic mass is 10.2. The van der Waals surface area contributed by atoms with Crippen molar-refractivity contribution in [3.8, 4) is 5.75 Å². The first-order chi connectivity index (χ1) is 12.3. The maximum atomic E-state index is 12.4. The van der Waals surface area contributed by atoms with Gasteiger partial charge in [0.05, 0.1) is 12.8 Å². The van der Waals surface area contributed by atoms with Gasteiger partial charge in [0.15, 0.2) is 0 Å². The monoisotopic (exact) mass is 375 g/mol. The van der Waals surface area contributed by atoms with Crippen LogP contribution in [0.1, 0.15) is 6.92 Å². The Balaban J connectivity index is 2.16. The van der Waals surface area contributed by atoms with Crippen LogP contribution in [0.3, 0.4) is 0 Å². The Morgan fingerprint density at radius 3 is 2.31 bits per heavy atom. The molecule has 0 fully saturated rings. The fourth-order valence-corrected chi connectivity index (χ4v) is 2.59. The summed E-state index contributed by atoms with van der Waals surface area (Å²) in [5.74, 6) is -0.142. The highest BCUT2D eigenvalue weighted by Crippen LogP contribution is 2.31. The van der Waals surface area contributed by atoms with Gasteiger partial charge in [0, 0.05) is 37.4 Å². The molecule has 2 aromatic carbocycles. The molecule has 0 atom stereocenters. The zero-order chi connectivity index (χ0) is 19.3.